The van der Waals surface area contributed by atoms with Gasteiger partial charge in [-0.25, -0.2) is 0 Å². The average molecular weight is 270 g/mol. The number of rotatable bonds is 2. The third-order valence-corrected chi connectivity index (χ3v) is 3.73. The van der Waals surface area contributed by atoms with Gasteiger partial charge in [0.15, 0.2) is 11.6 Å². The predicted octanol–water partition coefficient (Wildman–Crippen LogP) is 3.10. The zero-order chi connectivity index (χ0) is 14.3. The Morgan fingerprint density at radius 3 is 2.60 bits per heavy atom. The summed E-state index contributed by atoms with van der Waals surface area (Å²) >= 11 is 0. The zero-order valence-electron chi connectivity index (χ0n) is 11.1. The van der Waals surface area contributed by atoms with Gasteiger partial charge in [0.05, 0.1) is 5.56 Å². The van der Waals surface area contributed by atoms with Gasteiger partial charge in [0.25, 0.3) is 5.95 Å². The van der Waals surface area contributed by atoms with Crippen molar-refractivity contribution in [2.45, 2.75) is 25.7 Å². The molecule has 1 aliphatic carbocycles. The minimum Gasteiger partial charge on any atom is -0.480 e. The van der Waals surface area contributed by atoms with Crippen molar-refractivity contribution < 1.29 is 19.1 Å². The van der Waals surface area contributed by atoms with Crippen LogP contribution in [-0.2, 0) is 6.42 Å². The maximum Gasteiger partial charge on any atom is 0.294 e. The second-order valence-corrected chi connectivity index (χ2v) is 5.08. The Morgan fingerprint density at radius 1 is 1.25 bits per heavy atom. The third-order valence-electron chi connectivity index (χ3n) is 3.73. The molecule has 1 N–H and O–H groups in total. The molecule has 3 rings (SSSR count). The number of ketones is 2. The Balaban J connectivity index is 2.03. The van der Waals surface area contributed by atoms with E-state index in [0.717, 1.165) is 5.56 Å². The van der Waals surface area contributed by atoms with E-state index in [1.54, 1.807) is 0 Å². The highest BCUT2D eigenvalue weighted by Gasteiger charge is 2.35. The second-order valence-electron chi connectivity index (χ2n) is 5.08. The molecular formula is C16H14O4. The van der Waals surface area contributed by atoms with E-state index in [1.807, 2.05) is 30.3 Å². The molecule has 0 saturated heterocycles. The number of benzene rings is 1. The maximum absolute atomic E-state index is 12.3. The first-order valence-corrected chi connectivity index (χ1v) is 6.51. The third kappa shape index (κ3) is 1.93. The van der Waals surface area contributed by atoms with Crippen LogP contribution in [0.3, 0.4) is 0 Å². The highest BCUT2D eigenvalue weighted by molar-refractivity contribution is 6.10. The Kier molecular flexibility index (Phi) is 2.93. The van der Waals surface area contributed by atoms with Gasteiger partial charge in [-0.2, -0.15) is 0 Å². The van der Waals surface area contributed by atoms with Gasteiger partial charge < -0.3 is 9.52 Å². The van der Waals surface area contributed by atoms with Gasteiger partial charge in [-0.3, -0.25) is 9.59 Å². The first kappa shape index (κ1) is 12.7. The second kappa shape index (κ2) is 4.63. The standard InChI is InChI=1S/C16H14O4/c1-9(17)14-15-12(18)7-11(8-13(15)20-16(14)19)10-5-3-2-4-6-10/h2-6,11,19H,7-8H2,1H3. The molecule has 0 aliphatic heterocycles. The molecule has 0 fully saturated rings. The lowest BCUT2D eigenvalue weighted by molar-refractivity contribution is 0.0945. The largest absolute Gasteiger partial charge is 0.480 e. The van der Waals surface area contributed by atoms with Gasteiger partial charge in [-0.1, -0.05) is 30.3 Å². The molecule has 0 saturated carbocycles. The minimum absolute atomic E-state index is 0.0245. The molecular weight excluding hydrogens is 256 g/mol. The van der Waals surface area contributed by atoms with E-state index >= 15 is 0 Å². The summed E-state index contributed by atoms with van der Waals surface area (Å²) in [4.78, 5) is 23.8. The summed E-state index contributed by atoms with van der Waals surface area (Å²) in [7, 11) is 0. The number of carbonyl (C=O) groups is 2. The van der Waals surface area contributed by atoms with Crippen LogP contribution in [-0.4, -0.2) is 16.7 Å². The van der Waals surface area contributed by atoms with E-state index < -0.39 is 5.95 Å². The molecule has 4 nitrogen and oxygen atoms in total. The first-order chi connectivity index (χ1) is 9.58. The van der Waals surface area contributed by atoms with E-state index in [9.17, 15) is 14.7 Å². The fourth-order valence-corrected chi connectivity index (χ4v) is 2.81. The molecule has 4 heteroatoms. The van der Waals surface area contributed by atoms with Crippen molar-refractivity contribution in [1.29, 1.82) is 0 Å². The van der Waals surface area contributed by atoms with Crippen LogP contribution in [0.2, 0.25) is 0 Å². The molecule has 1 heterocycles. The molecule has 0 radical (unpaired) electrons. The monoisotopic (exact) mass is 270 g/mol. The topological polar surface area (TPSA) is 67.5 Å². The number of furan rings is 1. The van der Waals surface area contributed by atoms with Gasteiger partial charge >= 0.3 is 0 Å². The summed E-state index contributed by atoms with van der Waals surface area (Å²) in [6.45, 7) is 1.32. The Labute approximate surface area is 116 Å². The summed E-state index contributed by atoms with van der Waals surface area (Å²) in [6.07, 6.45) is 0.849. The van der Waals surface area contributed by atoms with Crippen LogP contribution in [0.4, 0.5) is 0 Å². The molecule has 1 aromatic carbocycles. The summed E-state index contributed by atoms with van der Waals surface area (Å²) in [5.41, 5.74) is 1.35. The van der Waals surface area contributed by atoms with Crippen molar-refractivity contribution in [2.75, 3.05) is 0 Å². The molecule has 0 spiro atoms. The fourth-order valence-electron chi connectivity index (χ4n) is 2.81. The Hall–Kier alpha value is -2.36. The van der Waals surface area contributed by atoms with Crippen LogP contribution in [0.15, 0.2) is 34.7 Å². The van der Waals surface area contributed by atoms with Gasteiger partial charge in [-0.05, 0) is 18.4 Å². The van der Waals surface area contributed by atoms with Crippen LogP contribution >= 0.6 is 0 Å². The van der Waals surface area contributed by atoms with Crippen LogP contribution in [0.25, 0.3) is 0 Å². The minimum atomic E-state index is -0.440. The molecule has 0 bridgehead atoms. The fraction of sp³-hybridized carbons (Fsp3) is 0.250. The van der Waals surface area contributed by atoms with Crippen molar-refractivity contribution in [3.8, 4) is 5.95 Å². The van der Waals surface area contributed by atoms with Gasteiger partial charge in [0, 0.05) is 12.8 Å². The van der Waals surface area contributed by atoms with Crippen molar-refractivity contribution in [3.63, 3.8) is 0 Å². The molecule has 1 aromatic heterocycles. The summed E-state index contributed by atoms with van der Waals surface area (Å²) in [5, 5.41) is 9.71. The van der Waals surface area contributed by atoms with Crippen LogP contribution < -0.4 is 0 Å². The number of hydrogen-bond donors (Lipinski definition) is 1. The molecule has 2 aromatic rings. The number of fused-ring (bicyclic) bond motifs is 1. The lowest BCUT2D eigenvalue weighted by Crippen LogP contribution is -2.19. The number of aromatic hydroxyl groups is 1. The highest BCUT2D eigenvalue weighted by Crippen LogP contribution is 2.39. The van der Waals surface area contributed by atoms with E-state index in [0.29, 0.717) is 18.6 Å². The average Bonchev–Trinajstić information content (AvgIpc) is 2.76. The molecule has 102 valence electrons. The van der Waals surface area contributed by atoms with Gasteiger partial charge in [0.1, 0.15) is 11.3 Å². The van der Waals surface area contributed by atoms with E-state index in [1.165, 1.54) is 6.92 Å². The van der Waals surface area contributed by atoms with E-state index in [2.05, 4.69) is 0 Å². The normalized spacial score (nSPS) is 17.9. The highest BCUT2D eigenvalue weighted by atomic mass is 16.5. The molecule has 20 heavy (non-hydrogen) atoms. The molecule has 0 amide bonds. The zero-order valence-corrected chi connectivity index (χ0v) is 11.1. The lowest BCUT2D eigenvalue weighted by atomic mass is 9.81. The van der Waals surface area contributed by atoms with Crippen molar-refractivity contribution in [2.24, 2.45) is 0 Å². The van der Waals surface area contributed by atoms with Crippen molar-refractivity contribution >= 4 is 11.6 Å². The smallest absolute Gasteiger partial charge is 0.294 e. The van der Waals surface area contributed by atoms with Crippen LogP contribution in [0.5, 0.6) is 5.95 Å². The van der Waals surface area contributed by atoms with Crippen molar-refractivity contribution in [1.82, 2.24) is 0 Å². The van der Waals surface area contributed by atoms with E-state index in [-0.39, 0.29) is 28.6 Å². The molecule has 1 aliphatic rings. The number of hydrogen-bond acceptors (Lipinski definition) is 4. The Bertz CT molecular complexity index is 682. The Morgan fingerprint density at radius 2 is 1.95 bits per heavy atom. The van der Waals surface area contributed by atoms with Crippen LogP contribution in [0, 0.1) is 0 Å². The summed E-state index contributed by atoms with van der Waals surface area (Å²) in [5.74, 6) is -0.489. The number of Topliss-reactive ketones (excluding diaryl/α,β-unsaturated/α-hetero) is 2. The van der Waals surface area contributed by atoms with Crippen LogP contribution in [0.1, 0.15) is 51.3 Å². The van der Waals surface area contributed by atoms with Crippen molar-refractivity contribution in [3.05, 3.63) is 52.8 Å². The summed E-state index contributed by atoms with van der Waals surface area (Å²) in [6, 6.07) is 9.72. The molecule has 1 atom stereocenters. The predicted molar refractivity (Wildman–Crippen MR) is 72.2 cm³/mol. The molecule has 1 unspecified atom stereocenters. The number of carbonyl (C=O) groups excluding carboxylic acids is 2. The van der Waals surface area contributed by atoms with Gasteiger partial charge in [-0.15, -0.1) is 0 Å². The lowest BCUT2D eigenvalue weighted by Gasteiger charge is -2.20. The quantitative estimate of drug-likeness (QED) is 0.851. The first-order valence-electron chi connectivity index (χ1n) is 6.51. The van der Waals surface area contributed by atoms with Gasteiger partial charge in [0.2, 0.25) is 0 Å². The van der Waals surface area contributed by atoms with E-state index in [4.69, 9.17) is 4.42 Å². The summed E-state index contributed by atoms with van der Waals surface area (Å²) < 4.78 is 5.23. The maximum atomic E-state index is 12.3. The SMILES string of the molecule is CC(=O)c1c(O)oc2c1C(=O)CC(c1ccccc1)C2.